The van der Waals surface area contributed by atoms with E-state index in [0.717, 1.165) is 0 Å². The zero-order valence-electron chi connectivity index (χ0n) is 8.04. The summed E-state index contributed by atoms with van der Waals surface area (Å²) < 4.78 is 4.81. The molecule has 1 N–H and O–H groups in total. The average molecular weight is 249 g/mol. The summed E-state index contributed by atoms with van der Waals surface area (Å²) in [5.74, 6) is -1.03. The maximum atomic E-state index is 10.7. The molecule has 0 bridgehead atoms. The van der Waals surface area contributed by atoms with E-state index in [2.05, 4.69) is 0 Å². The van der Waals surface area contributed by atoms with Crippen LogP contribution in [0.4, 0.5) is 0 Å². The lowest BCUT2D eigenvalue weighted by Crippen LogP contribution is -2.25. The minimum Gasteiger partial charge on any atom is -0.479 e. The molecular formula is C10H10Cl2O3. The van der Waals surface area contributed by atoms with Gasteiger partial charge in [0.25, 0.3) is 0 Å². The summed E-state index contributed by atoms with van der Waals surface area (Å²) in [4.78, 5) is 10.7. The summed E-state index contributed by atoms with van der Waals surface area (Å²) in [6.45, 7) is 0. The molecule has 0 amide bonds. The van der Waals surface area contributed by atoms with Gasteiger partial charge in [0.1, 0.15) is 0 Å². The SMILES string of the molecule is COC(Cc1c(Cl)cccc1Cl)C(=O)O. The molecule has 0 saturated heterocycles. The van der Waals surface area contributed by atoms with Crippen molar-refractivity contribution in [3.8, 4) is 0 Å². The van der Waals surface area contributed by atoms with Crippen LogP contribution in [0.25, 0.3) is 0 Å². The van der Waals surface area contributed by atoms with Crippen molar-refractivity contribution in [2.24, 2.45) is 0 Å². The van der Waals surface area contributed by atoms with E-state index in [1.165, 1.54) is 7.11 Å². The van der Waals surface area contributed by atoms with Crippen molar-refractivity contribution >= 4 is 29.2 Å². The van der Waals surface area contributed by atoms with Crippen LogP contribution in [0.5, 0.6) is 0 Å². The van der Waals surface area contributed by atoms with Crippen LogP contribution in [-0.4, -0.2) is 24.3 Å². The smallest absolute Gasteiger partial charge is 0.333 e. The third-order valence-corrected chi connectivity index (χ3v) is 2.72. The Bertz CT molecular complexity index is 345. The number of ether oxygens (including phenoxy) is 1. The fourth-order valence-corrected chi connectivity index (χ4v) is 1.74. The predicted molar refractivity (Wildman–Crippen MR) is 58.6 cm³/mol. The summed E-state index contributed by atoms with van der Waals surface area (Å²) in [5, 5.41) is 9.70. The first kappa shape index (κ1) is 12.3. The van der Waals surface area contributed by atoms with Gasteiger partial charge in [-0.25, -0.2) is 4.79 Å². The van der Waals surface area contributed by atoms with E-state index in [9.17, 15) is 4.79 Å². The highest BCUT2D eigenvalue weighted by Crippen LogP contribution is 2.25. The topological polar surface area (TPSA) is 46.5 Å². The van der Waals surface area contributed by atoms with Gasteiger partial charge in [0.2, 0.25) is 0 Å². The molecule has 0 radical (unpaired) electrons. The third-order valence-electron chi connectivity index (χ3n) is 2.01. The van der Waals surface area contributed by atoms with Crippen molar-refractivity contribution in [2.75, 3.05) is 7.11 Å². The Morgan fingerprint density at radius 1 is 1.47 bits per heavy atom. The molecule has 5 heteroatoms. The zero-order chi connectivity index (χ0) is 11.4. The van der Waals surface area contributed by atoms with Crippen molar-refractivity contribution < 1.29 is 14.6 Å². The molecule has 1 atom stereocenters. The van der Waals surface area contributed by atoms with E-state index in [-0.39, 0.29) is 6.42 Å². The second-order valence-corrected chi connectivity index (χ2v) is 3.78. The average Bonchev–Trinajstić information content (AvgIpc) is 2.17. The number of hydrogen-bond donors (Lipinski definition) is 1. The number of carbonyl (C=O) groups is 1. The van der Waals surface area contributed by atoms with Crippen LogP contribution in [0.3, 0.4) is 0 Å². The minimum atomic E-state index is -1.03. The van der Waals surface area contributed by atoms with E-state index in [1.807, 2.05) is 0 Å². The summed E-state index contributed by atoms with van der Waals surface area (Å²) in [6, 6.07) is 5.03. The molecule has 1 aromatic rings. The molecule has 0 aliphatic carbocycles. The van der Waals surface area contributed by atoms with Crippen LogP contribution in [-0.2, 0) is 16.0 Å². The number of rotatable bonds is 4. The molecule has 0 saturated carbocycles. The van der Waals surface area contributed by atoms with Gasteiger partial charge in [0.15, 0.2) is 6.10 Å². The number of aliphatic carboxylic acids is 1. The normalized spacial score (nSPS) is 12.5. The molecule has 0 heterocycles. The molecule has 0 aliphatic rings. The first-order chi connectivity index (χ1) is 7.06. The number of benzene rings is 1. The maximum Gasteiger partial charge on any atom is 0.333 e. The molecule has 3 nitrogen and oxygen atoms in total. The maximum absolute atomic E-state index is 10.7. The fourth-order valence-electron chi connectivity index (χ4n) is 1.18. The molecule has 1 rings (SSSR count). The minimum absolute atomic E-state index is 0.157. The number of carboxylic acids is 1. The standard InChI is InChI=1S/C10H10Cl2O3/c1-15-9(10(13)14)5-6-7(11)3-2-4-8(6)12/h2-4,9H,5H2,1H3,(H,13,14). The molecule has 0 fully saturated rings. The third kappa shape index (κ3) is 3.09. The second-order valence-electron chi connectivity index (χ2n) is 2.97. The van der Waals surface area contributed by atoms with Gasteiger partial charge < -0.3 is 9.84 Å². The lowest BCUT2D eigenvalue weighted by atomic mass is 10.1. The Labute approximate surface area is 97.6 Å². The Morgan fingerprint density at radius 3 is 2.40 bits per heavy atom. The van der Waals surface area contributed by atoms with Gasteiger partial charge >= 0.3 is 5.97 Å². The Balaban J connectivity index is 2.92. The Kier molecular flexibility index (Phi) is 4.39. The van der Waals surface area contributed by atoms with E-state index >= 15 is 0 Å². The number of halogens is 2. The highest BCUT2D eigenvalue weighted by molar-refractivity contribution is 6.36. The number of methoxy groups -OCH3 is 1. The molecule has 82 valence electrons. The van der Waals surface area contributed by atoms with Crippen molar-refractivity contribution in [1.29, 1.82) is 0 Å². The fraction of sp³-hybridized carbons (Fsp3) is 0.300. The van der Waals surface area contributed by atoms with Gasteiger partial charge in [-0.15, -0.1) is 0 Å². The number of carboxylic acid groups (broad SMARTS) is 1. The van der Waals surface area contributed by atoms with Gasteiger partial charge in [-0.05, 0) is 17.7 Å². The molecule has 1 unspecified atom stereocenters. The first-order valence-corrected chi connectivity index (χ1v) is 5.00. The van der Waals surface area contributed by atoms with Crippen molar-refractivity contribution in [3.63, 3.8) is 0 Å². The molecular weight excluding hydrogens is 239 g/mol. The molecule has 0 aliphatic heterocycles. The first-order valence-electron chi connectivity index (χ1n) is 4.24. The summed E-state index contributed by atoms with van der Waals surface area (Å²) >= 11 is 11.8. The van der Waals surface area contributed by atoms with Crippen LogP contribution >= 0.6 is 23.2 Å². The van der Waals surface area contributed by atoms with Crippen LogP contribution in [0.1, 0.15) is 5.56 Å². The second kappa shape index (κ2) is 5.35. The molecule has 1 aromatic carbocycles. The summed E-state index contributed by atoms with van der Waals surface area (Å²) in [5.41, 5.74) is 0.593. The highest BCUT2D eigenvalue weighted by atomic mass is 35.5. The highest BCUT2D eigenvalue weighted by Gasteiger charge is 2.19. The van der Waals surface area contributed by atoms with Crippen molar-refractivity contribution in [2.45, 2.75) is 12.5 Å². The van der Waals surface area contributed by atoms with E-state index in [4.69, 9.17) is 33.0 Å². The Hall–Kier alpha value is -0.770. The lowest BCUT2D eigenvalue weighted by Gasteiger charge is -2.12. The zero-order valence-corrected chi connectivity index (χ0v) is 9.55. The van der Waals surface area contributed by atoms with Gasteiger partial charge in [-0.1, -0.05) is 29.3 Å². The van der Waals surface area contributed by atoms with Crippen molar-refractivity contribution in [3.05, 3.63) is 33.8 Å². The van der Waals surface area contributed by atoms with E-state index in [1.54, 1.807) is 18.2 Å². The molecule has 0 aromatic heterocycles. The van der Waals surface area contributed by atoms with E-state index in [0.29, 0.717) is 15.6 Å². The quantitative estimate of drug-likeness (QED) is 0.892. The number of hydrogen-bond acceptors (Lipinski definition) is 2. The van der Waals surface area contributed by atoms with Gasteiger partial charge in [-0.2, -0.15) is 0 Å². The van der Waals surface area contributed by atoms with Crippen LogP contribution in [0, 0.1) is 0 Å². The van der Waals surface area contributed by atoms with Crippen LogP contribution in [0.15, 0.2) is 18.2 Å². The predicted octanol–water partition coefficient (Wildman–Crippen LogP) is 2.64. The summed E-state index contributed by atoms with van der Waals surface area (Å²) in [6.07, 6.45) is -0.771. The monoisotopic (exact) mass is 248 g/mol. The molecule has 15 heavy (non-hydrogen) atoms. The van der Waals surface area contributed by atoms with Gasteiger partial charge in [0, 0.05) is 23.6 Å². The van der Waals surface area contributed by atoms with Crippen LogP contribution in [0.2, 0.25) is 10.0 Å². The summed E-state index contributed by atoms with van der Waals surface area (Å²) in [7, 11) is 1.34. The largest absolute Gasteiger partial charge is 0.479 e. The van der Waals surface area contributed by atoms with Gasteiger partial charge in [-0.3, -0.25) is 0 Å². The van der Waals surface area contributed by atoms with Gasteiger partial charge in [0.05, 0.1) is 0 Å². The van der Waals surface area contributed by atoms with Crippen molar-refractivity contribution in [1.82, 2.24) is 0 Å². The molecule has 0 spiro atoms. The Morgan fingerprint density at radius 2 is 2.00 bits per heavy atom. The van der Waals surface area contributed by atoms with Crippen LogP contribution < -0.4 is 0 Å². The lowest BCUT2D eigenvalue weighted by molar-refractivity contribution is -0.148. The van der Waals surface area contributed by atoms with E-state index < -0.39 is 12.1 Å².